The predicted molar refractivity (Wildman–Crippen MR) is 81.3 cm³/mol. The predicted octanol–water partition coefficient (Wildman–Crippen LogP) is 1.88. The van der Waals surface area contributed by atoms with Gasteiger partial charge in [0.1, 0.15) is 23.2 Å². The molecule has 6 nitrogen and oxygen atoms in total. The zero-order valence-corrected chi connectivity index (χ0v) is 13.6. The van der Waals surface area contributed by atoms with Gasteiger partial charge in [0.15, 0.2) is 11.0 Å². The molecule has 2 N–H and O–H groups in total. The van der Waals surface area contributed by atoms with Gasteiger partial charge in [-0.2, -0.15) is 0 Å². The molecule has 0 bridgehead atoms. The van der Waals surface area contributed by atoms with Gasteiger partial charge in [0, 0.05) is 0 Å². The zero-order chi connectivity index (χ0) is 18.6. The Morgan fingerprint density at radius 2 is 1.60 bits per heavy atom. The monoisotopic (exact) mass is 374 g/mol. The third-order valence-corrected chi connectivity index (χ3v) is 4.29. The molecule has 0 spiro atoms. The highest BCUT2D eigenvalue weighted by molar-refractivity contribution is 7.89. The van der Waals surface area contributed by atoms with E-state index >= 15 is 0 Å². The molecule has 0 heterocycles. The van der Waals surface area contributed by atoms with Gasteiger partial charge in [0.25, 0.3) is 15.9 Å². The molecule has 0 fully saturated rings. The van der Waals surface area contributed by atoms with E-state index in [0.29, 0.717) is 0 Å². The van der Waals surface area contributed by atoms with E-state index in [1.807, 2.05) is 0 Å². The lowest BCUT2D eigenvalue weighted by molar-refractivity contribution is -0.127. The number of nitrogens with one attached hydrogen (secondary N) is 2. The van der Waals surface area contributed by atoms with Gasteiger partial charge in [-0.3, -0.25) is 10.2 Å². The van der Waals surface area contributed by atoms with E-state index in [9.17, 15) is 26.4 Å². The summed E-state index contributed by atoms with van der Waals surface area (Å²) in [7, 11) is -4.67. The molecule has 2 aromatic carbocycles. The Balaban J connectivity index is 2.02. The lowest BCUT2D eigenvalue weighted by Gasteiger charge is -2.15. The number of ether oxygens (including phenoxy) is 1. The molecule has 1 amide bonds. The Bertz CT molecular complexity index is 853. The van der Waals surface area contributed by atoms with E-state index in [0.717, 1.165) is 30.3 Å². The maximum atomic E-state index is 13.5. The Hall–Kier alpha value is -2.59. The number of amides is 1. The molecular formula is C15H13F3N2O4S. The van der Waals surface area contributed by atoms with E-state index in [2.05, 4.69) is 0 Å². The number of carbonyl (C=O) groups is 1. The first-order chi connectivity index (χ1) is 11.7. The van der Waals surface area contributed by atoms with Crippen molar-refractivity contribution in [3.05, 3.63) is 59.9 Å². The summed E-state index contributed by atoms with van der Waals surface area (Å²) in [4.78, 5) is 12.2. The number of hydrazine groups is 1. The summed E-state index contributed by atoms with van der Waals surface area (Å²) in [6.45, 7) is 1.30. The molecule has 2 rings (SSSR count). The third kappa shape index (κ3) is 4.70. The fourth-order valence-corrected chi connectivity index (χ4v) is 2.77. The van der Waals surface area contributed by atoms with Crippen LogP contribution in [0.4, 0.5) is 13.2 Å². The van der Waals surface area contributed by atoms with Crippen LogP contribution in [0, 0.1) is 17.5 Å². The first-order valence-corrected chi connectivity index (χ1v) is 8.37. The number of hydrogen-bond donors (Lipinski definition) is 2. The van der Waals surface area contributed by atoms with Crippen LogP contribution in [0.15, 0.2) is 47.4 Å². The average molecular weight is 374 g/mol. The summed E-state index contributed by atoms with van der Waals surface area (Å²) in [5, 5.41) is 0. The van der Waals surface area contributed by atoms with Gasteiger partial charge in [0.05, 0.1) is 0 Å². The summed E-state index contributed by atoms with van der Waals surface area (Å²) < 4.78 is 68.8. The van der Waals surface area contributed by atoms with Gasteiger partial charge in [-0.15, -0.1) is 4.83 Å². The lowest BCUT2D eigenvalue weighted by atomic mass is 10.3. The topological polar surface area (TPSA) is 84.5 Å². The van der Waals surface area contributed by atoms with Crippen LogP contribution in [-0.4, -0.2) is 20.4 Å². The van der Waals surface area contributed by atoms with Gasteiger partial charge < -0.3 is 4.74 Å². The van der Waals surface area contributed by atoms with E-state index in [4.69, 9.17) is 4.74 Å². The summed E-state index contributed by atoms with van der Waals surface area (Å²) in [6, 6.07) is 7.31. The molecular weight excluding hydrogens is 361 g/mol. The Kier molecular flexibility index (Phi) is 5.65. The molecule has 25 heavy (non-hydrogen) atoms. The molecule has 0 saturated carbocycles. The molecule has 0 aliphatic carbocycles. The van der Waals surface area contributed by atoms with Gasteiger partial charge >= 0.3 is 0 Å². The number of benzene rings is 2. The number of halogens is 3. The summed E-state index contributed by atoms with van der Waals surface area (Å²) >= 11 is 0. The molecule has 1 atom stereocenters. The van der Waals surface area contributed by atoms with Crippen molar-refractivity contribution in [1.82, 2.24) is 10.3 Å². The Labute approximate surface area is 141 Å². The zero-order valence-electron chi connectivity index (χ0n) is 12.8. The van der Waals surface area contributed by atoms with E-state index in [1.165, 1.54) is 19.1 Å². The molecule has 10 heteroatoms. The second-order valence-corrected chi connectivity index (χ2v) is 6.48. The Morgan fingerprint density at radius 3 is 2.16 bits per heavy atom. The van der Waals surface area contributed by atoms with E-state index in [-0.39, 0.29) is 5.75 Å². The van der Waals surface area contributed by atoms with Crippen LogP contribution >= 0.6 is 0 Å². The second kappa shape index (κ2) is 7.53. The Morgan fingerprint density at radius 1 is 1.04 bits per heavy atom. The van der Waals surface area contributed by atoms with Crippen molar-refractivity contribution in [2.45, 2.75) is 17.9 Å². The molecule has 134 valence electrons. The van der Waals surface area contributed by atoms with E-state index in [1.54, 1.807) is 10.3 Å². The fourth-order valence-electron chi connectivity index (χ4n) is 1.78. The van der Waals surface area contributed by atoms with Crippen LogP contribution in [0.25, 0.3) is 0 Å². The fraction of sp³-hybridized carbons (Fsp3) is 0.133. The minimum absolute atomic E-state index is 0.173. The average Bonchev–Trinajstić information content (AvgIpc) is 2.54. The number of hydrogen-bond acceptors (Lipinski definition) is 4. The number of carbonyl (C=O) groups excluding carboxylic acids is 1. The molecule has 0 aromatic heterocycles. The molecule has 0 aliphatic rings. The first-order valence-electron chi connectivity index (χ1n) is 6.88. The van der Waals surface area contributed by atoms with Crippen molar-refractivity contribution in [3.8, 4) is 5.75 Å². The minimum atomic E-state index is -4.67. The number of sulfonamides is 1. The third-order valence-electron chi connectivity index (χ3n) is 2.99. The normalized spacial score (nSPS) is 12.5. The summed E-state index contributed by atoms with van der Waals surface area (Å²) in [6.07, 6.45) is -1.17. The van der Waals surface area contributed by atoms with Crippen molar-refractivity contribution in [1.29, 1.82) is 0 Å². The van der Waals surface area contributed by atoms with Crippen LogP contribution in [0.1, 0.15) is 6.92 Å². The van der Waals surface area contributed by atoms with Crippen LogP contribution in [0.5, 0.6) is 5.75 Å². The quantitative estimate of drug-likeness (QED) is 0.757. The molecule has 0 unspecified atom stereocenters. The summed E-state index contributed by atoms with van der Waals surface area (Å²) in [5.41, 5.74) is 1.80. The minimum Gasteiger partial charge on any atom is -0.481 e. The van der Waals surface area contributed by atoms with Crippen LogP contribution in [0.3, 0.4) is 0 Å². The SMILES string of the molecule is C[C@@H](Oc1ccc(F)cc1)C(=O)NNS(=O)(=O)c1c(F)cccc1F. The largest absolute Gasteiger partial charge is 0.481 e. The lowest BCUT2D eigenvalue weighted by Crippen LogP contribution is -2.47. The van der Waals surface area contributed by atoms with Crippen LogP contribution < -0.4 is 15.0 Å². The maximum absolute atomic E-state index is 13.5. The standard InChI is InChI=1S/C15H13F3N2O4S/c1-9(24-11-7-5-10(16)6-8-11)15(21)19-20-25(22,23)14-12(17)3-2-4-13(14)18/h2-9,20H,1H3,(H,19,21)/t9-/m1/s1. The van der Waals surface area contributed by atoms with Gasteiger partial charge in [-0.25, -0.2) is 21.6 Å². The van der Waals surface area contributed by atoms with Crippen LogP contribution in [-0.2, 0) is 14.8 Å². The highest BCUT2D eigenvalue weighted by Gasteiger charge is 2.25. The highest BCUT2D eigenvalue weighted by atomic mass is 32.2. The smallest absolute Gasteiger partial charge is 0.275 e. The van der Waals surface area contributed by atoms with Crippen molar-refractivity contribution in [2.24, 2.45) is 0 Å². The van der Waals surface area contributed by atoms with Crippen molar-refractivity contribution in [2.75, 3.05) is 0 Å². The first kappa shape index (κ1) is 18.7. The van der Waals surface area contributed by atoms with Gasteiger partial charge in [-0.05, 0) is 43.3 Å². The second-order valence-electron chi connectivity index (χ2n) is 4.86. The van der Waals surface area contributed by atoms with E-state index < -0.39 is 44.4 Å². The molecule has 2 aromatic rings. The van der Waals surface area contributed by atoms with Gasteiger partial charge in [0.2, 0.25) is 0 Å². The van der Waals surface area contributed by atoms with Crippen molar-refractivity contribution in [3.63, 3.8) is 0 Å². The molecule has 0 aliphatic heterocycles. The van der Waals surface area contributed by atoms with Crippen molar-refractivity contribution < 1.29 is 31.1 Å². The van der Waals surface area contributed by atoms with Crippen molar-refractivity contribution >= 4 is 15.9 Å². The highest BCUT2D eigenvalue weighted by Crippen LogP contribution is 2.17. The van der Waals surface area contributed by atoms with Crippen LogP contribution in [0.2, 0.25) is 0 Å². The molecule has 0 radical (unpaired) electrons. The summed E-state index contributed by atoms with van der Waals surface area (Å²) in [5.74, 6) is -3.87. The van der Waals surface area contributed by atoms with Gasteiger partial charge in [-0.1, -0.05) is 6.07 Å². The molecule has 0 saturated heterocycles. The maximum Gasteiger partial charge on any atom is 0.275 e. The number of rotatable bonds is 6.